The molecule has 0 aliphatic rings. The highest BCUT2D eigenvalue weighted by Crippen LogP contribution is 2.16. The van der Waals surface area contributed by atoms with Gasteiger partial charge in [0.15, 0.2) is 0 Å². The van der Waals surface area contributed by atoms with Crippen molar-refractivity contribution in [3.8, 4) is 11.8 Å². The van der Waals surface area contributed by atoms with Gasteiger partial charge >= 0.3 is 0 Å². The van der Waals surface area contributed by atoms with E-state index >= 15 is 0 Å². The van der Waals surface area contributed by atoms with Crippen LogP contribution in [0.3, 0.4) is 0 Å². The van der Waals surface area contributed by atoms with Crippen molar-refractivity contribution in [3.05, 3.63) is 59.7 Å². The third-order valence-corrected chi connectivity index (χ3v) is 3.84. The number of aryl methyl sites for hydroxylation is 1. The summed E-state index contributed by atoms with van der Waals surface area (Å²) in [4.78, 5) is 23.6. The lowest BCUT2D eigenvalue weighted by Crippen LogP contribution is -2.23. The fraction of sp³-hybridized carbons (Fsp3) is 0.286. The van der Waals surface area contributed by atoms with Crippen LogP contribution in [0.15, 0.2) is 48.5 Å². The van der Waals surface area contributed by atoms with E-state index in [0.29, 0.717) is 25.1 Å². The molecular weight excluding hydrogens is 342 g/mol. The molecule has 0 atom stereocenters. The number of anilines is 1. The highest BCUT2D eigenvalue weighted by molar-refractivity contribution is 5.91. The SMILES string of the molecule is Cc1ccc(OCCCC(=O)Nc2ccccc2CNC(=O)CC#N)cc1. The molecule has 2 amide bonds. The van der Waals surface area contributed by atoms with Crippen molar-refractivity contribution in [1.29, 1.82) is 5.26 Å². The van der Waals surface area contributed by atoms with Crippen molar-refractivity contribution in [1.82, 2.24) is 5.32 Å². The predicted octanol–water partition coefficient (Wildman–Crippen LogP) is 3.32. The molecule has 0 aliphatic carbocycles. The maximum Gasteiger partial charge on any atom is 0.234 e. The van der Waals surface area contributed by atoms with Crippen LogP contribution in [0.25, 0.3) is 0 Å². The van der Waals surface area contributed by atoms with Gasteiger partial charge in [0.05, 0.1) is 12.7 Å². The van der Waals surface area contributed by atoms with Crippen molar-refractivity contribution in [2.75, 3.05) is 11.9 Å². The quantitative estimate of drug-likeness (QED) is 0.667. The number of para-hydroxylation sites is 1. The molecule has 2 aromatic rings. The van der Waals surface area contributed by atoms with Gasteiger partial charge in [-0.3, -0.25) is 9.59 Å². The largest absolute Gasteiger partial charge is 0.494 e. The van der Waals surface area contributed by atoms with Gasteiger partial charge < -0.3 is 15.4 Å². The number of benzene rings is 2. The molecule has 0 bridgehead atoms. The molecule has 0 radical (unpaired) electrons. The van der Waals surface area contributed by atoms with Gasteiger partial charge in [-0.15, -0.1) is 0 Å². The predicted molar refractivity (Wildman–Crippen MR) is 103 cm³/mol. The standard InChI is InChI=1S/C21H23N3O3/c1-16-8-10-18(11-9-16)27-14-4-7-21(26)24-19-6-3-2-5-17(19)15-23-20(25)12-13-22/h2-3,5-6,8-11H,4,7,12,14-15H2,1H3,(H,23,25)(H,24,26). The van der Waals surface area contributed by atoms with Crippen molar-refractivity contribution in [2.24, 2.45) is 0 Å². The Morgan fingerprint density at radius 1 is 1.07 bits per heavy atom. The number of hydrogen-bond donors (Lipinski definition) is 2. The first kappa shape index (κ1) is 20.0. The molecule has 0 fully saturated rings. The minimum Gasteiger partial charge on any atom is -0.494 e. The van der Waals surface area contributed by atoms with E-state index in [1.165, 1.54) is 5.56 Å². The molecule has 0 saturated heterocycles. The summed E-state index contributed by atoms with van der Waals surface area (Å²) in [5.41, 5.74) is 2.61. The van der Waals surface area contributed by atoms with Crippen LogP contribution in [-0.2, 0) is 16.1 Å². The molecule has 0 aromatic heterocycles. The van der Waals surface area contributed by atoms with Crippen LogP contribution in [0.4, 0.5) is 5.69 Å². The van der Waals surface area contributed by atoms with Crippen LogP contribution in [0, 0.1) is 18.3 Å². The molecule has 6 heteroatoms. The van der Waals surface area contributed by atoms with Crippen LogP contribution in [0.2, 0.25) is 0 Å². The second-order valence-corrected chi connectivity index (χ2v) is 6.08. The number of rotatable bonds is 9. The minimum atomic E-state index is -0.341. The first-order valence-electron chi connectivity index (χ1n) is 8.79. The number of hydrogen-bond acceptors (Lipinski definition) is 4. The summed E-state index contributed by atoms with van der Waals surface area (Å²) in [6, 6.07) is 16.8. The molecule has 140 valence electrons. The van der Waals surface area contributed by atoms with Crippen LogP contribution in [-0.4, -0.2) is 18.4 Å². The van der Waals surface area contributed by atoms with Crippen LogP contribution in [0.1, 0.15) is 30.4 Å². The van der Waals surface area contributed by atoms with E-state index in [2.05, 4.69) is 10.6 Å². The zero-order valence-electron chi connectivity index (χ0n) is 15.3. The molecule has 0 saturated carbocycles. The highest BCUT2D eigenvalue weighted by Gasteiger charge is 2.08. The Morgan fingerprint density at radius 3 is 2.56 bits per heavy atom. The first-order chi connectivity index (χ1) is 13.1. The number of nitrogens with one attached hydrogen (secondary N) is 2. The Bertz CT molecular complexity index is 810. The Hall–Kier alpha value is -3.33. The second-order valence-electron chi connectivity index (χ2n) is 6.08. The van der Waals surface area contributed by atoms with Gasteiger partial charge in [0.2, 0.25) is 11.8 Å². The van der Waals surface area contributed by atoms with E-state index in [9.17, 15) is 9.59 Å². The van der Waals surface area contributed by atoms with Gasteiger partial charge in [0, 0.05) is 18.7 Å². The van der Waals surface area contributed by atoms with Gasteiger partial charge in [-0.25, -0.2) is 0 Å². The summed E-state index contributed by atoms with van der Waals surface area (Å²) >= 11 is 0. The third kappa shape index (κ3) is 7.20. The summed E-state index contributed by atoms with van der Waals surface area (Å²) in [6.07, 6.45) is 0.747. The lowest BCUT2D eigenvalue weighted by atomic mass is 10.1. The topological polar surface area (TPSA) is 91.2 Å². The van der Waals surface area contributed by atoms with Crippen molar-refractivity contribution in [2.45, 2.75) is 32.7 Å². The van der Waals surface area contributed by atoms with Gasteiger partial charge in [-0.05, 0) is 37.1 Å². The Labute approximate surface area is 159 Å². The fourth-order valence-electron chi connectivity index (χ4n) is 2.39. The smallest absolute Gasteiger partial charge is 0.234 e. The molecule has 2 rings (SSSR count). The van der Waals surface area contributed by atoms with Crippen LogP contribution < -0.4 is 15.4 Å². The van der Waals surface area contributed by atoms with E-state index < -0.39 is 0 Å². The summed E-state index contributed by atoms with van der Waals surface area (Å²) in [5.74, 6) is 0.338. The average molecular weight is 365 g/mol. The number of amides is 2. The summed E-state index contributed by atoms with van der Waals surface area (Å²) in [6.45, 7) is 2.73. The van der Waals surface area contributed by atoms with E-state index in [1.54, 1.807) is 12.1 Å². The zero-order valence-corrected chi connectivity index (χ0v) is 15.3. The van der Waals surface area contributed by atoms with Crippen molar-refractivity contribution in [3.63, 3.8) is 0 Å². The fourth-order valence-corrected chi connectivity index (χ4v) is 2.39. The Balaban J connectivity index is 1.77. The maximum atomic E-state index is 12.2. The van der Waals surface area contributed by atoms with Gasteiger partial charge in [-0.2, -0.15) is 5.26 Å². The van der Waals surface area contributed by atoms with Crippen LogP contribution >= 0.6 is 0 Å². The van der Waals surface area contributed by atoms with Gasteiger partial charge in [0.1, 0.15) is 12.2 Å². The molecule has 27 heavy (non-hydrogen) atoms. The van der Waals surface area contributed by atoms with Gasteiger partial charge in [0.25, 0.3) is 0 Å². The highest BCUT2D eigenvalue weighted by atomic mass is 16.5. The average Bonchev–Trinajstić information content (AvgIpc) is 2.66. The molecule has 0 heterocycles. The lowest BCUT2D eigenvalue weighted by molar-refractivity contribution is -0.120. The first-order valence-corrected chi connectivity index (χ1v) is 8.79. The number of carbonyl (C=O) groups excluding carboxylic acids is 2. The number of carbonyl (C=O) groups is 2. The van der Waals surface area contributed by atoms with Gasteiger partial charge in [-0.1, -0.05) is 35.9 Å². The van der Waals surface area contributed by atoms with E-state index in [4.69, 9.17) is 10.00 Å². The molecule has 6 nitrogen and oxygen atoms in total. The van der Waals surface area contributed by atoms with Crippen LogP contribution in [0.5, 0.6) is 5.75 Å². The summed E-state index contributed by atoms with van der Waals surface area (Å²) in [5, 5.41) is 14.0. The summed E-state index contributed by atoms with van der Waals surface area (Å²) < 4.78 is 5.62. The van der Waals surface area contributed by atoms with Crippen molar-refractivity contribution >= 4 is 17.5 Å². The monoisotopic (exact) mass is 365 g/mol. The normalized spacial score (nSPS) is 9.93. The Kier molecular flexibility index (Phi) is 7.86. The number of ether oxygens (including phenoxy) is 1. The minimum absolute atomic E-state index is 0.113. The Morgan fingerprint density at radius 2 is 1.81 bits per heavy atom. The third-order valence-electron chi connectivity index (χ3n) is 3.84. The lowest BCUT2D eigenvalue weighted by Gasteiger charge is -2.12. The van der Waals surface area contributed by atoms with E-state index in [-0.39, 0.29) is 24.8 Å². The van der Waals surface area contributed by atoms with Crippen molar-refractivity contribution < 1.29 is 14.3 Å². The number of nitrogens with zero attached hydrogens (tertiary/aromatic N) is 1. The molecule has 0 unspecified atom stereocenters. The molecule has 2 aromatic carbocycles. The van der Waals surface area contributed by atoms with E-state index in [1.807, 2.05) is 49.4 Å². The molecule has 0 aliphatic heterocycles. The zero-order chi connectivity index (χ0) is 19.5. The van der Waals surface area contributed by atoms with E-state index in [0.717, 1.165) is 11.3 Å². The molecule has 0 spiro atoms. The molecule has 2 N–H and O–H groups in total. The second kappa shape index (κ2) is 10.6. The summed E-state index contributed by atoms with van der Waals surface area (Å²) in [7, 11) is 0. The number of nitriles is 1. The molecular formula is C21H23N3O3. The maximum absolute atomic E-state index is 12.2.